The Morgan fingerprint density at radius 1 is 1.00 bits per heavy atom. The molecule has 0 aliphatic rings. The highest BCUT2D eigenvalue weighted by atomic mass is 19.2. The highest BCUT2D eigenvalue weighted by Crippen LogP contribution is 2.36. The summed E-state index contributed by atoms with van der Waals surface area (Å²) in [4.78, 5) is 11.8. The van der Waals surface area contributed by atoms with Gasteiger partial charge in [-0.2, -0.15) is 0 Å². The number of hydrogen-bond acceptors (Lipinski definition) is 3. The molecule has 1 aromatic heterocycles. The van der Waals surface area contributed by atoms with Gasteiger partial charge in [-0.1, -0.05) is 0 Å². The lowest BCUT2D eigenvalue weighted by molar-refractivity contribution is 0.418. The summed E-state index contributed by atoms with van der Waals surface area (Å²) in [7, 11) is 1.43. The van der Waals surface area contributed by atoms with Crippen molar-refractivity contribution in [3.8, 4) is 16.9 Å². The molecule has 6 heteroatoms. The van der Waals surface area contributed by atoms with Crippen molar-refractivity contribution in [1.29, 1.82) is 0 Å². The maximum Gasteiger partial charge on any atom is 0.336 e. The molecule has 2 aromatic carbocycles. The van der Waals surface area contributed by atoms with E-state index in [4.69, 9.17) is 9.15 Å². The number of halogens is 3. The smallest absolute Gasteiger partial charge is 0.336 e. The van der Waals surface area contributed by atoms with E-state index in [2.05, 4.69) is 0 Å². The Bertz CT molecular complexity index is 954. The summed E-state index contributed by atoms with van der Waals surface area (Å²) in [6.07, 6.45) is 0. The molecule has 0 aliphatic carbocycles. The van der Waals surface area contributed by atoms with E-state index in [1.54, 1.807) is 19.1 Å². The molecule has 0 saturated carbocycles. The van der Waals surface area contributed by atoms with Crippen LogP contribution in [0.3, 0.4) is 0 Å². The quantitative estimate of drug-likeness (QED) is 0.525. The molecule has 0 atom stereocenters. The number of fused-ring (bicyclic) bond motifs is 1. The summed E-state index contributed by atoms with van der Waals surface area (Å²) >= 11 is 0. The zero-order chi connectivity index (χ0) is 16.7. The average molecular weight is 320 g/mol. The van der Waals surface area contributed by atoms with E-state index in [-0.39, 0.29) is 16.7 Å². The van der Waals surface area contributed by atoms with Gasteiger partial charge in [0.2, 0.25) is 0 Å². The first-order valence-electron chi connectivity index (χ1n) is 6.68. The predicted octanol–water partition coefficient (Wildman–Crippen LogP) is 4.19. The van der Waals surface area contributed by atoms with Crippen molar-refractivity contribution in [1.82, 2.24) is 0 Å². The lowest BCUT2D eigenvalue weighted by Gasteiger charge is -2.11. The van der Waals surface area contributed by atoms with Gasteiger partial charge in [-0.05, 0) is 42.3 Å². The van der Waals surface area contributed by atoms with Crippen molar-refractivity contribution in [2.75, 3.05) is 7.11 Å². The minimum atomic E-state index is -1.57. The summed E-state index contributed by atoms with van der Waals surface area (Å²) in [6, 6.07) is 6.05. The first-order chi connectivity index (χ1) is 10.9. The van der Waals surface area contributed by atoms with Gasteiger partial charge in [0.25, 0.3) is 0 Å². The van der Waals surface area contributed by atoms with Crippen molar-refractivity contribution in [2.24, 2.45) is 0 Å². The molecular weight excluding hydrogens is 309 g/mol. The maximum atomic E-state index is 13.5. The van der Waals surface area contributed by atoms with Gasteiger partial charge in [-0.25, -0.2) is 18.0 Å². The molecule has 3 nitrogen and oxygen atoms in total. The van der Waals surface area contributed by atoms with Gasteiger partial charge in [0.15, 0.2) is 17.5 Å². The Balaban J connectivity index is 2.44. The van der Waals surface area contributed by atoms with E-state index in [0.717, 1.165) is 23.8 Å². The Labute approximate surface area is 128 Å². The molecule has 0 saturated heterocycles. The molecule has 0 aliphatic heterocycles. The van der Waals surface area contributed by atoms with Crippen LogP contribution in [0.4, 0.5) is 13.2 Å². The number of hydrogen-bond donors (Lipinski definition) is 0. The topological polar surface area (TPSA) is 39.4 Å². The second kappa shape index (κ2) is 5.46. The van der Waals surface area contributed by atoms with E-state index < -0.39 is 23.1 Å². The van der Waals surface area contributed by atoms with Crippen molar-refractivity contribution < 1.29 is 22.3 Å². The minimum absolute atomic E-state index is 0.0152. The van der Waals surface area contributed by atoms with Crippen molar-refractivity contribution in [3.05, 3.63) is 63.8 Å². The molecule has 0 unspecified atom stereocenters. The van der Waals surface area contributed by atoms with Gasteiger partial charge < -0.3 is 9.15 Å². The Hall–Kier alpha value is -2.76. The third-order valence-electron chi connectivity index (χ3n) is 3.47. The van der Waals surface area contributed by atoms with Crippen molar-refractivity contribution in [3.63, 3.8) is 0 Å². The monoisotopic (exact) mass is 320 g/mol. The number of ether oxygens (including phenoxy) is 1. The average Bonchev–Trinajstić information content (AvgIpc) is 2.49. The van der Waals surface area contributed by atoms with Crippen LogP contribution in [-0.2, 0) is 0 Å². The maximum absolute atomic E-state index is 13.5. The molecule has 0 bridgehead atoms. The third-order valence-corrected chi connectivity index (χ3v) is 3.47. The lowest BCUT2D eigenvalue weighted by Crippen LogP contribution is -2.01. The molecule has 3 aromatic rings. The molecule has 23 heavy (non-hydrogen) atoms. The van der Waals surface area contributed by atoms with Crippen LogP contribution in [0.1, 0.15) is 5.56 Å². The second-order valence-electron chi connectivity index (χ2n) is 5.07. The summed E-state index contributed by atoms with van der Waals surface area (Å²) in [6.45, 7) is 1.78. The zero-order valence-electron chi connectivity index (χ0n) is 12.2. The van der Waals surface area contributed by atoms with Gasteiger partial charge in [0.1, 0.15) is 11.3 Å². The van der Waals surface area contributed by atoms with E-state index in [9.17, 15) is 18.0 Å². The molecule has 0 radical (unpaired) electrons. The third kappa shape index (κ3) is 2.56. The summed E-state index contributed by atoms with van der Waals surface area (Å²) in [5, 5.41) is 0.378. The molecule has 0 spiro atoms. The summed E-state index contributed by atoms with van der Waals surface area (Å²) in [5.41, 5.74) is 0.526. The molecule has 3 rings (SSSR count). The Morgan fingerprint density at radius 2 is 1.65 bits per heavy atom. The van der Waals surface area contributed by atoms with Gasteiger partial charge in [0, 0.05) is 11.6 Å². The second-order valence-corrected chi connectivity index (χ2v) is 5.07. The fraction of sp³-hybridized carbons (Fsp3) is 0.118. The largest absolute Gasteiger partial charge is 0.496 e. The van der Waals surface area contributed by atoms with Crippen LogP contribution in [0.5, 0.6) is 5.75 Å². The molecule has 0 N–H and O–H groups in total. The van der Waals surface area contributed by atoms with E-state index in [1.165, 1.54) is 7.11 Å². The SMILES string of the molecule is COc1cc(C)cc2oc(=O)cc(-c3cc(F)c(F)c(F)c3)c12. The van der Waals surface area contributed by atoms with E-state index in [0.29, 0.717) is 11.1 Å². The standard InChI is InChI=1S/C17H11F3O3/c1-8-3-13(22-2)16-10(7-15(21)23-14(16)4-8)9-5-11(18)17(20)12(19)6-9/h3-7H,1-2H3. The number of methoxy groups -OCH3 is 1. The van der Waals surface area contributed by atoms with E-state index >= 15 is 0 Å². The normalized spacial score (nSPS) is 11.0. The number of rotatable bonds is 2. The zero-order valence-corrected chi connectivity index (χ0v) is 12.2. The lowest BCUT2D eigenvalue weighted by atomic mass is 10.00. The number of aryl methyl sites for hydroxylation is 1. The highest BCUT2D eigenvalue weighted by Gasteiger charge is 2.17. The summed E-state index contributed by atoms with van der Waals surface area (Å²) < 4.78 is 50.6. The van der Waals surface area contributed by atoms with Crippen LogP contribution in [0, 0.1) is 24.4 Å². The van der Waals surface area contributed by atoms with Crippen LogP contribution >= 0.6 is 0 Å². The molecule has 1 heterocycles. The number of benzene rings is 2. The predicted molar refractivity (Wildman–Crippen MR) is 79.1 cm³/mol. The van der Waals surface area contributed by atoms with Crippen molar-refractivity contribution >= 4 is 11.0 Å². The Morgan fingerprint density at radius 3 is 2.26 bits per heavy atom. The molecule has 0 fully saturated rings. The molecule has 0 amide bonds. The van der Waals surface area contributed by atoms with Crippen LogP contribution in [0.25, 0.3) is 22.1 Å². The first kappa shape index (κ1) is 15.1. The van der Waals surface area contributed by atoms with Gasteiger partial charge in [-0.3, -0.25) is 0 Å². The highest BCUT2D eigenvalue weighted by molar-refractivity contribution is 5.98. The Kier molecular flexibility index (Phi) is 3.60. The summed E-state index contributed by atoms with van der Waals surface area (Å²) in [5.74, 6) is -3.87. The van der Waals surface area contributed by atoms with Crippen LogP contribution in [0.2, 0.25) is 0 Å². The van der Waals surface area contributed by atoms with Gasteiger partial charge >= 0.3 is 5.63 Å². The molecule has 118 valence electrons. The van der Waals surface area contributed by atoms with Gasteiger partial charge in [0.05, 0.1) is 12.5 Å². The van der Waals surface area contributed by atoms with E-state index in [1.807, 2.05) is 0 Å². The minimum Gasteiger partial charge on any atom is -0.496 e. The first-order valence-corrected chi connectivity index (χ1v) is 6.68. The van der Waals surface area contributed by atoms with Gasteiger partial charge in [-0.15, -0.1) is 0 Å². The van der Waals surface area contributed by atoms with Crippen LogP contribution in [0.15, 0.2) is 39.5 Å². The molecular formula is C17H11F3O3. The van der Waals surface area contributed by atoms with Crippen molar-refractivity contribution in [2.45, 2.75) is 6.92 Å². The fourth-order valence-corrected chi connectivity index (χ4v) is 2.49. The van der Waals surface area contributed by atoms with Crippen LogP contribution in [-0.4, -0.2) is 7.11 Å². The van der Waals surface area contributed by atoms with Crippen LogP contribution < -0.4 is 10.4 Å². The fourth-order valence-electron chi connectivity index (χ4n) is 2.49.